The normalized spacial score (nSPS) is 9.50. The number of nitrogens with one attached hydrogen (secondary N) is 1. The van der Waals surface area contributed by atoms with E-state index in [-0.39, 0.29) is 0 Å². The van der Waals surface area contributed by atoms with Gasteiger partial charge in [0.2, 0.25) is 0 Å². The van der Waals surface area contributed by atoms with E-state index in [1.54, 1.807) is 7.11 Å². The molecule has 0 amide bonds. The Labute approximate surface area is 72.5 Å². The molecular formula is C9H14N2O. The fraction of sp³-hybridized carbons (Fsp3) is 0.333. The molecule has 0 bridgehead atoms. The maximum Gasteiger partial charge on any atom is 0.143 e. The van der Waals surface area contributed by atoms with Gasteiger partial charge < -0.3 is 15.8 Å². The highest BCUT2D eigenvalue weighted by Gasteiger charge is 1.98. The van der Waals surface area contributed by atoms with Crippen molar-refractivity contribution in [2.75, 3.05) is 24.7 Å². The summed E-state index contributed by atoms with van der Waals surface area (Å²) in [5.41, 5.74) is 7.34. The fourth-order valence-corrected chi connectivity index (χ4v) is 1.03. The largest absolute Gasteiger partial charge is 0.495 e. The van der Waals surface area contributed by atoms with Crippen molar-refractivity contribution in [3.8, 4) is 5.75 Å². The van der Waals surface area contributed by atoms with E-state index in [9.17, 15) is 0 Å². The Kier molecular flexibility index (Phi) is 2.80. The number of hydrogen-bond acceptors (Lipinski definition) is 3. The van der Waals surface area contributed by atoms with Crippen molar-refractivity contribution in [2.45, 2.75) is 6.92 Å². The van der Waals surface area contributed by atoms with E-state index in [4.69, 9.17) is 10.5 Å². The molecule has 0 fully saturated rings. The van der Waals surface area contributed by atoms with Gasteiger partial charge in [-0.1, -0.05) is 0 Å². The first-order chi connectivity index (χ1) is 5.77. The maximum absolute atomic E-state index is 5.64. The van der Waals surface area contributed by atoms with Gasteiger partial charge in [-0.15, -0.1) is 0 Å². The first-order valence-corrected chi connectivity index (χ1v) is 3.95. The lowest BCUT2D eigenvalue weighted by molar-refractivity contribution is 0.417. The van der Waals surface area contributed by atoms with Crippen LogP contribution in [-0.4, -0.2) is 13.7 Å². The molecular weight excluding hydrogens is 152 g/mol. The van der Waals surface area contributed by atoms with Crippen molar-refractivity contribution in [3.05, 3.63) is 18.2 Å². The topological polar surface area (TPSA) is 47.3 Å². The second-order valence-electron chi connectivity index (χ2n) is 2.49. The molecule has 1 rings (SSSR count). The van der Waals surface area contributed by atoms with Crippen LogP contribution in [0.3, 0.4) is 0 Å². The lowest BCUT2D eigenvalue weighted by Gasteiger charge is -2.07. The number of ether oxygens (including phenoxy) is 1. The van der Waals surface area contributed by atoms with Gasteiger partial charge in [0, 0.05) is 18.3 Å². The molecule has 0 aliphatic rings. The van der Waals surface area contributed by atoms with Gasteiger partial charge in [-0.3, -0.25) is 0 Å². The van der Waals surface area contributed by atoms with E-state index in [0.29, 0.717) is 11.4 Å². The molecule has 3 N–H and O–H groups in total. The van der Waals surface area contributed by atoms with Crippen LogP contribution in [0, 0.1) is 0 Å². The second kappa shape index (κ2) is 3.85. The van der Waals surface area contributed by atoms with Crippen LogP contribution in [0.15, 0.2) is 18.2 Å². The smallest absolute Gasteiger partial charge is 0.143 e. The molecule has 0 atom stereocenters. The fourth-order valence-electron chi connectivity index (χ4n) is 1.03. The summed E-state index contributed by atoms with van der Waals surface area (Å²) >= 11 is 0. The lowest BCUT2D eigenvalue weighted by Crippen LogP contribution is -1.98. The number of nitrogens with two attached hydrogens (primary N) is 1. The number of rotatable bonds is 3. The molecule has 0 aliphatic carbocycles. The number of benzene rings is 1. The van der Waals surface area contributed by atoms with Crippen molar-refractivity contribution in [3.63, 3.8) is 0 Å². The van der Waals surface area contributed by atoms with Crippen LogP contribution >= 0.6 is 0 Å². The number of nitrogen functional groups attached to an aromatic ring is 1. The first-order valence-electron chi connectivity index (χ1n) is 3.95. The molecule has 66 valence electrons. The minimum atomic E-state index is 0.666. The van der Waals surface area contributed by atoms with Crippen LogP contribution in [0.5, 0.6) is 5.75 Å². The summed E-state index contributed by atoms with van der Waals surface area (Å²) < 4.78 is 5.07. The van der Waals surface area contributed by atoms with Crippen molar-refractivity contribution in [2.24, 2.45) is 0 Å². The van der Waals surface area contributed by atoms with Crippen molar-refractivity contribution >= 4 is 11.4 Å². The van der Waals surface area contributed by atoms with Crippen molar-refractivity contribution in [1.82, 2.24) is 0 Å². The summed E-state index contributed by atoms with van der Waals surface area (Å²) in [6.45, 7) is 2.94. The van der Waals surface area contributed by atoms with E-state index in [2.05, 4.69) is 5.32 Å². The average molecular weight is 166 g/mol. The van der Waals surface area contributed by atoms with E-state index in [0.717, 1.165) is 12.2 Å². The van der Waals surface area contributed by atoms with Crippen LogP contribution in [0.4, 0.5) is 11.4 Å². The van der Waals surface area contributed by atoms with Crippen molar-refractivity contribution in [1.29, 1.82) is 0 Å². The predicted octanol–water partition coefficient (Wildman–Crippen LogP) is 1.71. The highest BCUT2D eigenvalue weighted by Crippen LogP contribution is 2.24. The van der Waals surface area contributed by atoms with Crippen LogP contribution in [0.1, 0.15) is 6.92 Å². The zero-order valence-corrected chi connectivity index (χ0v) is 7.42. The van der Waals surface area contributed by atoms with E-state index in [1.165, 1.54) is 0 Å². The van der Waals surface area contributed by atoms with Gasteiger partial charge in [-0.05, 0) is 19.1 Å². The van der Waals surface area contributed by atoms with Crippen LogP contribution in [0.25, 0.3) is 0 Å². The van der Waals surface area contributed by atoms with Crippen molar-refractivity contribution < 1.29 is 4.74 Å². The number of hydrogen-bond donors (Lipinski definition) is 2. The zero-order valence-electron chi connectivity index (χ0n) is 7.42. The molecule has 0 heterocycles. The van der Waals surface area contributed by atoms with E-state index < -0.39 is 0 Å². The van der Waals surface area contributed by atoms with Gasteiger partial charge in [0.1, 0.15) is 5.75 Å². The highest BCUT2D eigenvalue weighted by molar-refractivity contribution is 5.61. The van der Waals surface area contributed by atoms with Gasteiger partial charge in [-0.25, -0.2) is 0 Å². The van der Waals surface area contributed by atoms with Gasteiger partial charge >= 0.3 is 0 Å². The minimum Gasteiger partial charge on any atom is -0.495 e. The highest BCUT2D eigenvalue weighted by atomic mass is 16.5. The van der Waals surface area contributed by atoms with Gasteiger partial charge in [-0.2, -0.15) is 0 Å². The Morgan fingerprint density at radius 2 is 2.25 bits per heavy atom. The lowest BCUT2D eigenvalue weighted by atomic mass is 10.2. The van der Waals surface area contributed by atoms with Crippen LogP contribution in [0.2, 0.25) is 0 Å². The monoisotopic (exact) mass is 166 g/mol. The molecule has 0 unspecified atom stereocenters. The summed E-state index contributed by atoms with van der Waals surface area (Å²) in [5, 5.41) is 3.17. The van der Waals surface area contributed by atoms with Crippen LogP contribution < -0.4 is 15.8 Å². The number of anilines is 2. The summed E-state index contributed by atoms with van der Waals surface area (Å²) in [7, 11) is 1.61. The summed E-state index contributed by atoms with van der Waals surface area (Å²) in [4.78, 5) is 0. The minimum absolute atomic E-state index is 0.666. The number of methoxy groups -OCH3 is 1. The Hall–Kier alpha value is -1.38. The zero-order chi connectivity index (χ0) is 8.97. The van der Waals surface area contributed by atoms with E-state index >= 15 is 0 Å². The molecule has 0 spiro atoms. The first kappa shape index (κ1) is 8.71. The molecule has 12 heavy (non-hydrogen) atoms. The molecule has 0 radical (unpaired) electrons. The summed E-state index contributed by atoms with van der Waals surface area (Å²) in [6, 6.07) is 5.65. The average Bonchev–Trinajstić information content (AvgIpc) is 2.09. The van der Waals surface area contributed by atoms with Gasteiger partial charge in [0.25, 0.3) is 0 Å². The summed E-state index contributed by atoms with van der Waals surface area (Å²) in [6.07, 6.45) is 0. The third-order valence-electron chi connectivity index (χ3n) is 1.61. The molecule has 0 saturated heterocycles. The SMILES string of the molecule is CCNc1ccc(N)c(OC)c1. The van der Waals surface area contributed by atoms with Gasteiger partial charge in [0.05, 0.1) is 12.8 Å². The molecule has 3 nitrogen and oxygen atoms in total. The van der Waals surface area contributed by atoms with Gasteiger partial charge in [0.15, 0.2) is 0 Å². The molecule has 1 aromatic rings. The summed E-state index contributed by atoms with van der Waals surface area (Å²) in [5.74, 6) is 0.716. The Balaban J connectivity index is 2.89. The molecule has 1 aromatic carbocycles. The third-order valence-corrected chi connectivity index (χ3v) is 1.61. The third kappa shape index (κ3) is 1.81. The Morgan fingerprint density at radius 1 is 1.50 bits per heavy atom. The maximum atomic E-state index is 5.64. The predicted molar refractivity (Wildman–Crippen MR) is 51.6 cm³/mol. The molecule has 3 heteroatoms. The molecule has 0 aromatic heterocycles. The van der Waals surface area contributed by atoms with Crippen LogP contribution in [-0.2, 0) is 0 Å². The molecule has 0 saturated carbocycles. The quantitative estimate of drug-likeness (QED) is 0.672. The Bertz CT molecular complexity index is 261. The standard InChI is InChI=1S/C9H14N2O/c1-3-11-7-4-5-8(10)9(6-7)12-2/h4-6,11H,3,10H2,1-2H3. The molecule has 0 aliphatic heterocycles. The van der Waals surface area contributed by atoms with E-state index in [1.807, 2.05) is 25.1 Å². The second-order valence-corrected chi connectivity index (χ2v) is 2.49. The Morgan fingerprint density at radius 3 is 2.83 bits per heavy atom.